The highest BCUT2D eigenvalue weighted by Gasteiger charge is 2.28. The van der Waals surface area contributed by atoms with Crippen molar-refractivity contribution in [2.45, 2.75) is 25.7 Å². The van der Waals surface area contributed by atoms with Gasteiger partial charge in [0.1, 0.15) is 5.69 Å². The summed E-state index contributed by atoms with van der Waals surface area (Å²) in [5, 5.41) is 11.8. The largest absolute Gasteiger partial charge is 0.378 e. The van der Waals surface area contributed by atoms with E-state index in [0.29, 0.717) is 43.5 Å². The molecule has 2 aromatic carbocycles. The number of hydrogen-bond donors (Lipinski definition) is 0. The lowest BCUT2D eigenvalue weighted by atomic mass is 9.86. The van der Waals surface area contributed by atoms with Crippen LogP contribution in [-0.2, 0) is 4.74 Å². The molecule has 30 heavy (non-hydrogen) atoms. The maximum atomic E-state index is 12.7. The predicted octanol–water partition coefficient (Wildman–Crippen LogP) is 3.76. The summed E-state index contributed by atoms with van der Waals surface area (Å²) in [6, 6.07) is 13.3. The van der Waals surface area contributed by atoms with Crippen molar-refractivity contribution < 1.29 is 14.5 Å². The van der Waals surface area contributed by atoms with Crippen LogP contribution in [0.4, 0.5) is 11.4 Å². The fourth-order valence-electron chi connectivity index (χ4n) is 4.50. The zero-order valence-electron chi connectivity index (χ0n) is 17.3. The van der Waals surface area contributed by atoms with E-state index in [1.807, 2.05) is 0 Å². The van der Waals surface area contributed by atoms with Gasteiger partial charge in [0.2, 0.25) is 0 Å². The Bertz CT molecular complexity index is 932. The van der Waals surface area contributed by atoms with Gasteiger partial charge in [-0.25, -0.2) is 0 Å². The molecular weight excluding hydrogens is 382 g/mol. The van der Waals surface area contributed by atoms with Gasteiger partial charge in [-0.1, -0.05) is 24.3 Å². The number of nitro benzene ring substituents is 1. The number of nitrogens with zero attached hydrogens (tertiary/aromatic N) is 3. The second kappa shape index (κ2) is 8.83. The molecule has 158 valence electrons. The highest BCUT2D eigenvalue weighted by molar-refractivity contribution is 5.96. The first kappa shape index (κ1) is 20.3. The Labute approximate surface area is 176 Å². The third-order valence-electron chi connectivity index (χ3n) is 6.18. The predicted molar refractivity (Wildman–Crippen MR) is 115 cm³/mol. The summed E-state index contributed by atoms with van der Waals surface area (Å²) < 4.78 is 5.29. The van der Waals surface area contributed by atoms with Gasteiger partial charge in [0.15, 0.2) is 0 Å². The van der Waals surface area contributed by atoms with Gasteiger partial charge in [0.25, 0.3) is 11.6 Å². The highest BCUT2D eigenvalue weighted by Crippen LogP contribution is 2.36. The van der Waals surface area contributed by atoms with Crippen LogP contribution >= 0.6 is 0 Å². The molecule has 0 saturated carbocycles. The number of carbonyl (C=O) groups is 1. The molecular formula is C23H27N3O4. The first-order valence-corrected chi connectivity index (χ1v) is 10.5. The molecule has 7 nitrogen and oxygen atoms in total. The molecule has 0 radical (unpaired) electrons. The monoisotopic (exact) mass is 409 g/mol. The normalized spacial score (nSPS) is 17.8. The van der Waals surface area contributed by atoms with Crippen LogP contribution < -0.4 is 4.90 Å². The Balaban J connectivity index is 1.51. The minimum absolute atomic E-state index is 0.00320. The number of aryl methyl sites for hydroxylation is 1. The Morgan fingerprint density at radius 2 is 1.77 bits per heavy atom. The molecule has 2 aromatic rings. The molecule has 2 aliphatic heterocycles. The second-order valence-electron chi connectivity index (χ2n) is 7.98. The van der Waals surface area contributed by atoms with Gasteiger partial charge in [-0.3, -0.25) is 14.9 Å². The van der Waals surface area contributed by atoms with E-state index in [4.69, 9.17) is 4.74 Å². The van der Waals surface area contributed by atoms with Gasteiger partial charge in [0.05, 0.1) is 18.1 Å². The summed E-state index contributed by atoms with van der Waals surface area (Å²) in [7, 11) is 0. The summed E-state index contributed by atoms with van der Waals surface area (Å²) in [6.07, 6.45) is 1.91. The van der Waals surface area contributed by atoms with Gasteiger partial charge >= 0.3 is 0 Å². The maximum Gasteiger partial charge on any atom is 0.293 e. The summed E-state index contributed by atoms with van der Waals surface area (Å²) >= 11 is 0. The van der Waals surface area contributed by atoms with Crippen molar-refractivity contribution in [3.63, 3.8) is 0 Å². The topological polar surface area (TPSA) is 75.9 Å². The number of carbonyl (C=O) groups excluding carboxylic acids is 1. The van der Waals surface area contributed by atoms with Crippen molar-refractivity contribution in [3.8, 4) is 0 Å². The van der Waals surface area contributed by atoms with Gasteiger partial charge in [-0.05, 0) is 48.9 Å². The van der Waals surface area contributed by atoms with Crippen molar-refractivity contribution in [1.82, 2.24) is 4.90 Å². The summed E-state index contributed by atoms with van der Waals surface area (Å²) in [5.74, 6) is 0.301. The van der Waals surface area contributed by atoms with Crippen LogP contribution in [0.25, 0.3) is 0 Å². The van der Waals surface area contributed by atoms with E-state index in [0.717, 1.165) is 25.9 Å². The maximum absolute atomic E-state index is 12.7. The number of amides is 1. The lowest BCUT2D eigenvalue weighted by molar-refractivity contribution is -0.384. The molecule has 2 aliphatic rings. The van der Waals surface area contributed by atoms with E-state index in [1.165, 1.54) is 17.2 Å². The van der Waals surface area contributed by atoms with Crippen LogP contribution in [0.5, 0.6) is 0 Å². The average Bonchev–Trinajstić information content (AvgIpc) is 2.79. The Hall–Kier alpha value is -2.93. The molecule has 2 saturated heterocycles. The van der Waals surface area contributed by atoms with E-state index in [-0.39, 0.29) is 16.5 Å². The highest BCUT2D eigenvalue weighted by atomic mass is 16.6. The summed E-state index contributed by atoms with van der Waals surface area (Å²) in [4.78, 5) is 27.9. The standard InChI is InChI=1S/C23H27N3O4/c1-17-4-2-3-5-20(17)18-8-10-24(11-9-18)21-7-6-19(16-22(21)26(28)29)23(27)25-12-14-30-15-13-25/h2-7,16,18H,8-15H2,1H3. The molecule has 1 amide bonds. The third-order valence-corrected chi connectivity index (χ3v) is 6.18. The molecule has 0 bridgehead atoms. The zero-order valence-corrected chi connectivity index (χ0v) is 17.3. The molecule has 0 aromatic heterocycles. The molecule has 0 atom stereocenters. The van der Waals surface area contributed by atoms with Crippen LogP contribution in [0, 0.1) is 17.0 Å². The summed E-state index contributed by atoms with van der Waals surface area (Å²) in [5.41, 5.74) is 3.64. The zero-order chi connectivity index (χ0) is 21.1. The van der Waals surface area contributed by atoms with Gasteiger partial charge < -0.3 is 14.5 Å². The minimum atomic E-state index is -0.376. The van der Waals surface area contributed by atoms with Crippen LogP contribution in [-0.4, -0.2) is 55.1 Å². The van der Waals surface area contributed by atoms with Crippen molar-refractivity contribution in [2.24, 2.45) is 0 Å². The third kappa shape index (κ3) is 4.16. The molecule has 2 heterocycles. The molecule has 2 fully saturated rings. The SMILES string of the molecule is Cc1ccccc1C1CCN(c2ccc(C(=O)N3CCOCC3)cc2[N+](=O)[O-])CC1. The Morgan fingerprint density at radius 1 is 1.07 bits per heavy atom. The van der Waals surface area contributed by atoms with E-state index < -0.39 is 0 Å². The van der Waals surface area contributed by atoms with Crippen molar-refractivity contribution in [2.75, 3.05) is 44.3 Å². The van der Waals surface area contributed by atoms with E-state index in [9.17, 15) is 14.9 Å². The smallest absolute Gasteiger partial charge is 0.293 e. The van der Waals surface area contributed by atoms with Gasteiger partial charge in [-0.2, -0.15) is 0 Å². The fraction of sp³-hybridized carbons (Fsp3) is 0.435. The van der Waals surface area contributed by atoms with Gasteiger partial charge in [0, 0.05) is 37.8 Å². The lowest BCUT2D eigenvalue weighted by Gasteiger charge is -2.34. The fourth-order valence-corrected chi connectivity index (χ4v) is 4.50. The second-order valence-corrected chi connectivity index (χ2v) is 7.98. The molecule has 7 heteroatoms. The van der Waals surface area contributed by atoms with Crippen LogP contribution in [0.3, 0.4) is 0 Å². The van der Waals surface area contributed by atoms with E-state index in [1.54, 1.807) is 17.0 Å². The molecule has 0 unspecified atom stereocenters. The van der Waals surface area contributed by atoms with E-state index >= 15 is 0 Å². The number of benzene rings is 2. The first-order valence-electron chi connectivity index (χ1n) is 10.5. The van der Waals surface area contributed by atoms with Crippen LogP contribution in [0.2, 0.25) is 0 Å². The first-order chi connectivity index (χ1) is 14.5. The number of ether oxygens (including phenoxy) is 1. The number of rotatable bonds is 4. The van der Waals surface area contributed by atoms with Gasteiger partial charge in [-0.15, -0.1) is 0 Å². The number of anilines is 1. The molecule has 0 aliphatic carbocycles. The number of morpholine rings is 1. The lowest BCUT2D eigenvalue weighted by Crippen LogP contribution is -2.40. The number of nitro groups is 1. The van der Waals surface area contributed by atoms with Crippen molar-refractivity contribution >= 4 is 17.3 Å². The van der Waals surface area contributed by atoms with E-state index in [2.05, 4.69) is 36.1 Å². The number of hydrogen-bond acceptors (Lipinski definition) is 5. The molecule has 0 spiro atoms. The Kier molecular flexibility index (Phi) is 5.99. The molecule has 4 rings (SSSR count). The minimum Gasteiger partial charge on any atom is -0.378 e. The quantitative estimate of drug-likeness (QED) is 0.568. The van der Waals surface area contributed by atoms with Crippen molar-refractivity contribution in [3.05, 3.63) is 69.3 Å². The average molecular weight is 409 g/mol. The Morgan fingerprint density at radius 3 is 2.43 bits per heavy atom. The number of piperidine rings is 1. The van der Waals surface area contributed by atoms with Crippen LogP contribution in [0.1, 0.15) is 40.2 Å². The summed E-state index contributed by atoms with van der Waals surface area (Å²) in [6.45, 7) is 5.69. The molecule has 0 N–H and O–H groups in total. The van der Waals surface area contributed by atoms with Crippen molar-refractivity contribution in [1.29, 1.82) is 0 Å². The van der Waals surface area contributed by atoms with Crippen LogP contribution in [0.15, 0.2) is 42.5 Å².